The molecular formula is C27H45N4O7P. The number of aliphatic hydroxyl groups excluding tert-OH is 1. The highest BCUT2D eigenvalue weighted by atomic mass is 31.2. The van der Waals surface area contributed by atoms with Crippen LogP contribution in [0.2, 0.25) is 0 Å². The largest absolute Gasteiger partial charge is 0.438 e. The maximum Gasteiger partial charge on any atom is 0.333 e. The Bertz CT molecular complexity index is 1100. The molecule has 0 bridgehead atoms. The van der Waals surface area contributed by atoms with Crippen LogP contribution in [0.1, 0.15) is 84.9 Å². The van der Waals surface area contributed by atoms with Crippen molar-refractivity contribution in [1.82, 2.24) is 19.1 Å². The predicted octanol–water partition coefficient (Wildman–Crippen LogP) is 3.33. The van der Waals surface area contributed by atoms with Crippen molar-refractivity contribution in [2.75, 3.05) is 13.2 Å². The minimum atomic E-state index is -1.51. The van der Waals surface area contributed by atoms with Gasteiger partial charge in [-0.05, 0) is 53.9 Å². The van der Waals surface area contributed by atoms with E-state index >= 15 is 0 Å². The molecule has 1 unspecified atom stereocenters. The zero-order valence-electron chi connectivity index (χ0n) is 24.1. The monoisotopic (exact) mass is 568 g/mol. The van der Waals surface area contributed by atoms with E-state index in [-0.39, 0.29) is 37.2 Å². The third kappa shape index (κ3) is 8.01. The molecule has 1 aliphatic carbocycles. The van der Waals surface area contributed by atoms with Crippen LogP contribution in [0, 0.1) is 6.92 Å². The van der Waals surface area contributed by atoms with Crippen molar-refractivity contribution in [1.29, 1.82) is 0 Å². The summed E-state index contributed by atoms with van der Waals surface area (Å²) in [4.78, 5) is 39.0. The number of aliphatic hydroxyl groups is 1. The van der Waals surface area contributed by atoms with Crippen LogP contribution < -0.4 is 16.6 Å². The number of aromatic nitrogens is 2. The normalized spacial score (nSPS) is 21.0. The standard InChI is InChI=1S/C27H45N4O7P/c1-7-13-36-39(31(18(2)3)19(4)5)38-22-14-25(37-23(22)17-32)29-15-20(6)26(34)30(27(29)35)16-24(33)28-21-11-9-8-10-12-21/h14-15,18-19,21,23,25,32H,7-13,16-17H2,1-6H3,(H,28,33)/t23-,25-,39?/m1/s1. The first-order valence-corrected chi connectivity index (χ1v) is 15.2. The Morgan fingerprint density at radius 3 is 2.46 bits per heavy atom. The number of hydrogen-bond donors (Lipinski definition) is 2. The Balaban J connectivity index is 1.87. The van der Waals surface area contributed by atoms with E-state index < -0.39 is 32.1 Å². The average Bonchev–Trinajstić information content (AvgIpc) is 3.29. The fraction of sp³-hybridized carbons (Fsp3) is 0.741. The van der Waals surface area contributed by atoms with Crippen LogP contribution in [-0.2, 0) is 25.1 Å². The van der Waals surface area contributed by atoms with Gasteiger partial charge in [0.15, 0.2) is 6.23 Å². The molecule has 2 heterocycles. The summed E-state index contributed by atoms with van der Waals surface area (Å²) in [5, 5.41) is 13.0. The zero-order chi connectivity index (χ0) is 28.7. The van der Waals surface area contributed by atoms with Crippen LogP contribution in [0.15, 0.2) is 27.6 Å². The van der Waals surface area contributed by atoms with E-state index in [2.05, 4.69) is 37.7 Å². The molecule has 1 fully saturated rings. The molecular weight excluding hydrogens is 523 g/mol. The summed E-state index contributed by atoms with van der Waals surface area (Å²) in [5.74, 6) is 0.00734. The number of nitrogens with zero attached hydrogens (tertiary/aromatic N) is 3. The lowest BCUT2D eigenvalue weighted by atomic mass is 9.95. The summed E-state index contributed by atoms with van der Waals surface area (Å²) < 4.78 is 22.7. The number of nitrogens with one attached hydrogen (secondary N) is 1. The number of hydrogen-bond acceptors (Lipinski definition) is 8. The molecule has 3 rings (SSSR count). The minimum absolute atomic E-state index is 0.0705. The molecule has 1 aromatic rings. The number of carbonyl (C=O) groups excluding carboxylic acids is 1. The molecule has 220 valence electrons. The van der Waals surface area contributed by atoms with Crippen LogP contribution in [0.25, 0.3) is 0 Å². The van der Waals surface area contributed by atoms with Crippen LogP contribution in [0.3, 0.4) is 0 Å². The van der Waals surface area contributed by atoms with E-state index in [1.807, 2.05) is 6.92 Å². The molecule has 2 aliphatic rings. The Morgan fingerprint density at radius 2 is 1.87 bits per heavy atom. The molecule has 1 aromatic heterocycles. The second-order valence-corrected chi connectivity index (χ2v) is 12.2. The van der Waals surface area contributed by atoms with Crippen molar-refractivity contribution in [2.45, 2.75) is 117 Å². The van der Waals surface area contributed by atoms with Gasteiger partial charge in [-0.25, -0.2) is 9.46 Å². The second kappa shape index (κ2) is 14.6. The minimum Gasteiger partial charge on any atom is -0.438 e. The van der Waals surface area contributed by atoms with Crippen molar-refractivity contribution >= 4 is 14.4 Å². The second-order valence-electron chi connectivity index (χ2n) is 10.8. The van der Waals surface area contributed by atoms with E-state index in [0.717, 1.165) is 43.1 Å². The maximum absolute atomic E-state index is 13.4. The van der Waals surface area contributed by atoms with Crippen LogP contribution in [0.4, 0.5) is 0 Å². The lowest BCUT2D eigenvalue weighted by Gasteiger charge is -2.35. The van der Waals surface area contributed by atoms with Gasteiger partial charge in [0.1, 0.15) is 18.4 Å². The molecule has 1 aliphatic heterocycles. The van der Waals surface area contributed by atoms with E-state index in [0.29, 0.717) is 17.9 Å². The summed E-state index contributed by atoms with van der Waals surface area (Å²) in [5.41, 5.74) is -0.890. The van der Waals surface area contributed by atoms with E-state index in [9.17, 15) is 19.5 Å². The van der Waals surface area contributed by atoms with Crippen LogP contribution >= 0.6 is 8.53 Å². The van der Waals surface area contributed by atoms with Crippen LogP contribution in [-0.4, -0.2) is 62.3 Å². The van der Waals surface area contributed by atoms with Gasteiger partial charge in [-0.2, -0.15) is 0 Å². The third-order valence-corrected chi connectivity index (χ3v) is 8.91. The molecule has 0 saturated heterocycles. The molecule has 0 radical (unpaired) electrons. The summed E-state index contributed by atoms with van der Waals surface area (Å²) in [6.45, 7) is 11.7. The lowest BCUT2D eigenvalue weighted by Crippen LogP contribution is -2.47. The number of ether oxygens (including phenoxy) is 1. The highest BCUT2D eigenvalue weighted by Crippen LogP contribution is 2.49. The predicted molar refractivity (Wildman–Crippen MR) is 150 cm³/mol. The fourth-order valence-electron chi connectivity index (χ4n) is 5.01. The SMILES string of the molecule is CCCOP(OC1=C[C@H](n2cc(C)c(=O)n(CC(=O)NC3CCCCC3)c2=O)O[C@@H]1CO)N(C(C)C)C(C)C. The first kappa shape index (κ1) is 31.5. The topological polar surface area (TPSA) is 124 Å². The Kier molecular flexibility index (Phi) is 11.7. The van der Waals surface area contributed by atoms with Crippen molar-refractivity contribution in [3.63, 3.8) is 0 Å². The molecule has 12 heteroatoms. The number of aryl methyl sites for hydroxylation is 1. The summed E-state index contributed by atoms with van der Waals surface area (Å²) in [7, 11) is -1.51. The number of carbonyl (C=O) groups is 1. The summed E-state index contributed by atoms with van der Waals surface area (Å²) >= 11 is 0. The Hall–Kier alpha value is -2.04. The quantitative estimate of drug-likeness (QED) is 0.348. The molecule has 11 nitrogen and oxygen atoms in total. The molecule has 0 spiro atoms. The third-order valence-electron chi connectivity index (χ3n) is 6.84. The highest BCUT2D eigenvalue weighted by Gasteiger charge is 2.36. The lowest BCUT2D eigenvalue weighted by molar-refractivity contribution is -0.122. The van der Waals surface area contributed by atoms with Gasteiger partial charge in [0, 0.05) is 36.0 Å². The van der Waals surface area contributed by atoms with Gasteiger partial charge >= 0.3 is 14.2 Å². The molecule has 1 amide bonds. The van der Waals surface area contributed by atoms with Gasteiger partial charge in [-0.15, -0.1) is 0 Å². The Labute approximate surface area is 232 Å². The highest BCUT2D eigenvalue weighted by molar-refractivity contribution is 7.44. The van der Waals surface area contributed by atoms with Gasteiger partial charge in [-0.3, -0.25) is 18.7 Å². The van der Waals surface area contributed by atoms with Gasteiger partial charge in [0.2, 0.25) is 5.91 Å². The fourth-order valence-corrected chi connectivity index (χ4v) is 6.74. The van der Waals surface area contributed by atoms with E-state index in [4.69, 9.17) is 13.8 Å². The van der Waals surface area contributed by atoms with E-state index in [1.165, 1.54) is 10.8 Å². The van der Waals surface area contributed by atoms with Crippen LogP contribution in [0.5, 0.6) is 0 Å². The number of rotatable bonds is 13. The zero-order valence-corrected chi connectivity index (χ0v) is 25.0. The van der Waals surface area contributed by atoms with Gasteiger partial charge in [-0.1, -0.05) is 26.2 Å². The van der Waals surface area contributed by atoms with Crippen molar-refractivity contribution in [3.05, 3.63) is 44.4 Å². The van der Waals surface area contributed by atoms with Gasteiger partial charge in [0.25, 0.3) is 5.56 Å². The Morgan fingerprint density at radius 1 is 1.21 bits per heavy atom. The summed E-state index contributed by atoms with van der Waals surface area (Å²) in [6.07, 6.45) is 7.21. The van der Waals surface area contributed by atoms with E-state index in [1.54, 1.807) is 13.0 Å². The summed E-state index contributed by atoms with van der Waals surface area (Å²) in [6, 6.07) is 0.363. The van der Waals surface area contributed by atoms with Crippen molar-refractivity contribution in [2.24, 2.45) is 0 Å². The molecule has 1 saturated carbocycles. The first-order chi connectivity index (χ1) is 18.6. The van der Waals surface area contributed by atoms with Gasteiger partial charge < -0.3 is 24.2 Å². The smallest absolute Gasteiger partial charge is 0.333 e. The molecule has 39 heavy (non-hydrogen) atoms. The van der Waals surface area contributed by atoms with Crippen molar-refractivity contribution in [3.8, 4) is 0 Å². The molecule has 3 atom stereocenters. The maximum atomic E-state index is 13.4. The van der Waals surface area contributed by atoms with Gasteiger partial charge in [0.05, 0.1) is 13.2 Å². The number of amides is 1. The molecule has 0 aromatic carbocycles. The first-order valence-electron chi connectivity index (χ1n) is 14.1. The average molecular weight is 569 g/mol. The molecule has 2 N–H and O–H groups in total. The van der Waals surface area contributed by atoms with Crippen molar-refractivity contribution < 1.29 is 23.7 Å².